The monoisotopic (exact) mass is 387 g/mol. The number of nitrogens with two attached hydrogens (primary N) is 3. The Labute approximate surface area is 154 Å². The van der Waals surface area contributed by atoms with Gasteiger partial charge in [-0.1, -0.05) is 36.4 Å². The number of hydrogen-bond acceptors (Lipinski definition) is 7. The van der Waals surface area contributed by atoms with Gasteiger partial charge in [0.2, 0.25) is 21.8 Å². The molecule has 27 heavy (non-hydrogen) atoms. The average Bonchev–Trinajstić information content (AvgIpc) is 3.15. The van der Waals surface area contributed by atoms with Crippen LogP contribution in [0.2, 0.25) is 0 Å². The van der Waals surface area contributed by atoms with Crippen molar-refractivity contribution in [3.8, 4) is 22.5 Å². The maximum atomic E-state index is 12.0. The second kappa shape index (κ2) is 7.23. The smallest absolute Gasteiger partial charge is 0.238 e. The molecule has 1 amide bonds. The second-order valence-corrected chi connectivity index (χ2v) is 7.40. The number of rotatable bonds is 6. The predicted octanol–water partition coefficient (Wildman–Crippen LogP) is -0.464. The van der Waals surface area contributed by atoms with E-state index in [4.69, 9.17) is 16.6 Å². The lowest BCUT2D eigenvalue weighted by Crippen LogP contribution is -2.38. The van der Waals surface area contributed by atoms with Crippen molar-refractivity contribution < 1.29 is 13.2 Å². The normalized spacial score (nSPS) is 12.7. The first kappa shape index (κ1) is 18.6. The number of primary sulfonamides is 1. The number of aromatic nitrogens is 4. The van der Waals surface area contributed by atoms with Crippen molar-refractivity contribution in [2.45, 2.75) is 17.4 Å². The molecule has 11 heteroatoms. The molecule has 3 rings (SSSR count). The molecule has 3 aromatic rings. The molecule has 0 fully saturated rings. The molecule has 140 valence electrons. The van der Waals surface area contributed by atoms with Gasteiger partial charge in [-0.15, -0.1) is 10.2 Å². The molecular formula is C16H17N7O3S. The molecule has 0 aliphatic heterocycles. The summed E-state index contributed by atoms with van der Waals surface area (Å²) in [6.07, 6.45) is 0.296. The van der Waals surface area contributed by atoms with E-state index in [2.05, 4.69) is 20.6 Å². The number of carbonyl (C=O) groups is 1. The van der Waals surface area contributed by atoms with Crippen LogP contribution in [-0.4, -0.2) is 41.0 Å². The van der Waals surface area contributed by atoms with Crippen molar-refractivity contribution in [2.75, 3.05) is 0 Å². The Hall–Kier alpha value is -3.15. The quantitative estimate of drug-likeness (QED) is 0.440. The Morgan fingerprint density at radius 1 is 1.15 bits per heavy atom. The van der Waals surface area contributed by atoms with Gasteiger partial charge in [0.15, 0.2) is 0 Å². The first-order valence-corrected chi connectivity index (χ1v) is 9.36. The summed E-state index contributed by atoms with van der Waals surface area (Å²) in [6, 6.07) is 11.0. The van der Waals surface area contributed by atoms with Gasteiger partial charge >= 0.3 is 0 Å². The number of H-pyrrole nitrogens is 1. The second-order valence-electron chi connectivity index (χ2n) is 5.87. The van der Waals surface area contributed by atoms with Crippen molar-refractivity contribution in [3.05, 3.63) is 48.0 Å². The summed E-state index contributed by atoms with van der Waals surface area (Å²) in [6.45, 7) is 0. The van der Waals surface area contributed by atoms with Crippen LogP contribution in [0.1, 0.15) is 5.56 Å². The summed E-state index contributed by atoms with van der Waals surface area (Å²) in [5.74, 6) is -0.478. The van der Waals surface area contributed by atoms with Gasteiger partial charge in [0.1, 0.15) is 0 Å². The molecule has 0 bridgehead atoms. The number of primary amides is 1. The van der Waals surface area contributed by atoms with Crippen LogP contribution in [0.25, 0.3) is 22.5 Å². The van der Waals surface area contributed by atoms with Crippen LogP contribution in [0.15, 0.2) is 47.4 Å². The van der Waals surface area contributed by atoms with Gasteiger partial charge in [0, 0.05) is 0 Å². The molecule has 1 aromatic heterocycles. The molecule has 2 aromatic carbocycles. The SMILES string of the molecule is NC(=O)C(N)Cc1ccc(-c2cccc(S(N)(=O)=O)c2-c2nn[nH]n2)cc1. The third kappa shape index (κ3) is 4.00. The Morgan fingerprint density at radius 3 is 2.41 bits per heavy atom. The predicted molar refractivity (Wildman–Crippen MR) is 97.3 cm³/mol. The van der Waals surface area contributed by atoms with Gasteiger partial charge in [-0.05, 0) is 34.4 Å². The third-order valence-electron chi connectivity index (χ3n) is 3.99. The lowest BCUT2D eigenvalue weighted by Gasteiger charge is -2.12. The topological polar surface area (TPSA) is 184 Å². The van der Waals surface area contributed by atoms with Crippen LogP contribution in [-0.2, 0) is 21.2 Å². The highest BCUT2D eigenvalue weighted by Gasteiger charge is 2.22. The molecule has 0 saturated heterocycles. The van der Waals surface area contributed by atoms with E-state index in [9.17, 15) is 13.2 Å². The molecule has 10 nitrogen and oxygen atoms in total. The highest BCUT2D eigenvalue weighted by Crippen LogP contribution is 2.34. The molecule has 1 unspecified atom stereocenters. The number of carbonyl (C=O) groups excluding carboxylic acids is 1. The molecule has 1 atom stereocenters. The fraction of sp³-hybridized carbons (Fsp3) is 0.125. The average molecular weight is 387 g/mol. The lowest BCUT2D eigenvalue weighted by atomic mass is 9.97. The van der Waals surface area contributed by atoms with Crippen molar-refractivity contribution in [2.24, 2.45) is 16.6 Å². The number of nitrogens with one attached hydrogen (secondary N) is 1. The van der Waals surface area contributed by atoms with Gasteiger partial charge in [0.05, 0.1) is 16.5 Å². The van der Waals surface area contributed by atoms with Crippen LogP contribution in [0.4, 0.5) is 0 Å². The van der Waals surface area contributed by atoms with Crippen molar-refractivity contribution >= 4 is 15.9 Å². The maximum absolute atomic E-state index is 12.0. The van der Waals surface area contributed by atoms with E-state index in [1.807, 2.05) is 0 Å². The van der Waals surface area contributed by atoms with E-state index >= 15 is 0 Å². The van der Waals surface area contributed by atoms with Crippen LogP contribution >= 0.6 is 0 Å². The Morgan fingerprint density at radius 2 is 1.85 bits per heavy atom. The summed E-state index contributed by atoms with van der Waals surface area (Å²) < 4.78 is 24.0. The van der Waals surface area contributed by atoms with Crippen LogP contribution in [0, 0.1) is 0 Å². The number of amides is 1. The van der Waals surface area contributed by atoms with E-state index < -0.39 is 22.0 Å². The zero-order valence-electron chi connectivity index (χ0n) is 14.0. The lowest BCUT2D eigenvalue weighted by molar-refractivity contribution is -0.119. The van der Waals surface area contributed by atoms with Crippen LogP contribution in [0.3, 0.4) is 0 Å². The minimum atomic E-state index is -4.01. The van der Waals surface area contributed by atoms with Crippen LogP contribution in [0.5, 0.6) is 0 Å². The van der Waals surface area contributed by atoms with Gasteiger partial charge in [-0.2, -0.15) is 5.21 Å². The molecular weight excluding hydrogens is 370 g/mol. The summed E-state index contributed by atoms with van der Waals surface area (Å²) in [5.41, 5.74) is 13.2. The molecule has 0 saturated carbocycles. The minimum Gasteiger partial charge on any atom is -0.368 e. The molecule has 7 N–H and O–H groups in total. The number of benzene rings is 2. The fourth-order valence-electron chi connectivity index (χ4n) is 2.68. The van der Waals surface area contributed by atoms with E-state index in [-0.39, 0.29) is 16.3 Å². The van der Waals surface area contributed by atoms with E-state index in [0.717, 1.165) is 5.56 Å². The van der Waals surface area contributed by atoms with E-state index in [1.54, 1.807) is 36.4 Å². The first-order chi connectivity index (χ1) is 12.8. The Kier molecular flexibility index (Phi) is 4.99. The maximum Gasteiger partial charge on any atom is 0.238 e. The molecule has 0 aliphatic rings. The van der Waals surface area contributed by atoms with Gasteiger partial charge in [0.25, 0.3) is 0 Å². The summed E-state index contributed by atoms with van der Waals surface area (Å²) >= 11 is 0. The zero-order chi connectivity index (χ0) is 19.6. The van der Waals surface area contributed by atoms with Crippen molar-refractivity contribution in [1.29, 1.82) is 0 Å². The van der Waals surface area contributed by atoms with E-state index in [0.29, 0.717) is 17.5 Å². The fourth-order valence-corrected chi connectivity index (χ4v) is 3.44. The third-order valence-corrected chi connectivity index (χ3v) is 4.94. The standard InChI is InChI=1S/C16H17N7O3S/c17-12(15(18)24)8-9-4-6-10(7-5-9)11-2-1-3-13(27(19,25)26)14(11)16-20-22-23-21-16/h1-7,12H,8,17H2,(H2,18,24)(H2,19,25,26)(H,20,21,22,23). The number of tetrazole rings is 1. The van der Waals surface area contributed by atoms with Gasteiger partial charge < -0.3 is 11.5 Å². The number of aromatic amines is 1. The summed E-state index contributed by atoms with van der Waals surface area (Å²) in [5, 5.41) is 18.9. The van der Waals surface area contributed by atoms with Crippen molar-refractivity contribution in [3.63, 3.8) is 0 Å². The van der Waals surface area contributed by atoms with Crippen molar-refractivity contribution in [1.82, 2.24) is 20.6 Å². The van der Waals surface area contributed by atoms with Gasteiger partial charge in [-0.25, -0.2) is 13.6 Å². The highest BCUT2D eigenvalue weighted by atomic mass is 32.2. The summed E-state index contributed by atoms with van der Waals surface area (Å²) in [7, 11) is -4.01. The van der Waals surface area contributed by atoms with Crippen LogP contribution < -0.4 is 16.6 Å². The Balaban J connectivity index is 2.08. The zero-order valence-corrected chi connectivity index (χ0v) is 14.8. The summed E-state index contributed by atoms with van der Waals surface area (Å²) in [4.78, 5) is 11.0. The molecule has 0 aliphatic carbocycles. The number of sulfonamides is 1. The van der Waals surface area contributed by atoms with Gasteiger partial charge in [-0.3, -0.25) is 4.79 Å². The Bertz CT molecular complexity index is 1060. The molecule has 0 spiro atoms. The number of nitrogens with zero attached hydrogens (tertiary/aromatic N) is 3. The molecule has 1 heterocycles. The number of hydrogen-bond donors (Lipinski definition) is 4. The minimum absolute atomic E-state index is 0.106. The first-order valence-electron chi connectivity index (χ1n) is 7.81. The molecule has 0 radical (unpaired) electrons. The largest absolute Gasteiger partial charge is 0.368 e. The van der Waals surface area contributed by atoms with E-state index in [1.165, 1.54) is 6.07 Å². The highest BCUT2D eigenvalue weighted by molar-refractivity contribution is 7.89.